The highest BCUT2D eigenvalue weighted by atomic mass is 35.5. The molecule has 3 aromatic rings. The van der Waals surface area contributed by atoms with Crippen molar-refractivity contribution >= 4 is 58.0 Å². The fraction of sp³-hybridized carbons (Fsp3) is 0.235. The van der Waals surface area contributed by atoms with Gasteiger partial charge in [-0.1, -0.05) is 40.9 Å². The first kappa shape index (κ1) is 19.9. The monoisotopic (exact) mass is 442 g/mol. The zero-order valence-corrected chi connectivity index (χ0v) is 17.7. The second-order valence-electron chi connectivity index (χ2n) is 5.95. The van der Waals surface area contributed by atoms with Gasteiger partial charge in [-0.25, -0.2) is 0 Å². The van der Waals surface area contributed by atoms with Crippen LogP contribution in [0.25, 0.3) is 0 Å². The van der Waals surface area contributed by atoms with Crippen molar-refractivity contribution in [3.63, 3.8) is 0 Å². The van der Waals surface area contributed by atoms with E-state index in [1.807, 2.05) is 37.3 Å². The van der Waals surface area contributed by atoms with Crippen LogP contribution >= 0.6 is 47.0 Å². The fourth-order valence-corrected chi connectivity index (χ4v) is 3.39. The van der Waals surface area contributed by atoms with Gasteiger partial charge in [0.2, 0.25) is 0 Å². The minimum atomic E-state index is 0.466. The van der Waals surface area contributed by atoms with Crippen LogP contribution in [0.15, 0.2) is 36.7 Å². The quantitative estimate of drug-likeness (QED) is 0.590. The van der Waals surface area contributed by atoms with Crippen LogP contribution in [-0.4, -0.2) is 36.6 Å². The second kappa shape index (κ2) is 8.48. The van der Waals surface area contributed by atoms with E-state index in [1.54, 1.807) is 27.7 Å². The number of nitrogens with one attached hydrogen (secondary N) is 1. The summed E-state index contributed by atoms with van der Waals surface area (Å²) in [4.78, 5) is 1.86. The molecule has 0 radical (unpaired) electrons. The Balaban J connectivity index is 1.64. The average Bonchev–Trinajstić information content (AvgIpc) is 3.19. The van der Waals surface area contributed by atoms with Gasteiger partial charge in [0.05, 0.1) is 30.0 Å². The lowest BCUT2D eigenvalue weighted by Crippen LogP contribution is -2.31. The molecule has 0 saturated carbocycles. The van der Waals surface area contributed by atoms with Crippen molar-refractivity contribution in [1.82, 2.24) is 24.5 Å². The minimum absolute atomic E-state index is 0.466. The average molecular weight is 444 g/mol. The van der Waals surface area contributed by atoms with Crippen LogP contribution in [0.5, 0.6) is 0 Å². The molecule has 2 aromatic heterocycles. The molecule has 27 heavy (non-hydrogen) atoms. The first-order valence-corrected chi connectivity index (χ1v) is 9.54. The maximum atomic E-state index is 6.22. The van der Waals surface area contributed by atoms with Crippen molar-refractivity contribution in [3.8, 4) is 0 Å². The van der Waals surface area contributed by atoms with E-state index in [0.29, 0.717) is 39.1 Å². The van der Waals surface area contributed by atoms with Crippen molar-refractivity contribution in [1.29, 1.82) is 0 Å². The lowest BCUT2D eigenvalue weighted by molar-refractivity contribution is 0.482. The number of anilines is 1. The number of benzene rings is 1. The van der Waals surface area contributed by atoms with Crippen molar-refractivity contribution in [2.45, 2.75) is 13.1 Å². The lowest BCUT2D eigenvalue weighted by atomic mass is 10.2. The van der Waals surface area contributed by atoms with E-state index in [2.05, 4.69) is 15.5 Å². The van der Waals surface area contributed by atoms with Crippen molar-refractivity contribution in [3.05, 3.63) is 63.0 Å². The molecule has 142 valence electrons. The number of hydrogen-bond acceptors (Lipinski definition) is 3. The van der Waals surface area contributed by atoms with Gasteiger partial charge in [-0.2, -0.15) is 10.2 Å². The number of thiocarbonyl (C=S) groups is 1. The van der Waals surface area contributed by atoms with E-state index in [4.69, 9.17) is 47.0 Å². The summed E-state index contributed by atoms with van der Waals surface area (Å²) >= 11 is 24.0. The Morgan fingerprint density at radius 2 is 1.89 bits per heavy atom. The molecule has 0 aliphatic heterocycles. The highest BCUT2D eigenvalue weighted by Crippen LogP contribution is 2.25. The van der Waals surface area contributed by atoms with Crippen LogP contribution in [0.1, 0.15) is 11.3 Å². The summed E-state index contributed by atoms with van der Waals surface area (Å²) in [6, 6.07) is 7.26. The number of hydrogen-bond donors (Lipinski definition) is 1. The summed E-state index contributed by atoms with van der Waals surface area (Å²) in [5.74, 6) is 0.631. The van der Waals surface area contributed by atoms with Crippen LogP contribution in [0.3, 0.4) is 0 Å². The minimum Gasteiger partial charge on any atom is -0.346 e. The largest absolute Gasteiger partial charge is 0.346 e. The topological polar surface area (TPSA) is 50.9 Å². The van der Waals surface area contributed by atoms with Crippen molar-refractivity contribution in [2.75, 3.05) is 12.4 Å². The standard InChI is InChI=1S/C17H17Cl3N6S/c1-24(10-15-14(20)8-21-25(15)2)17(27)22-16-6-7-26(23-16)9-11-12(18)4-3-5-13(11)19/h3-8H,9-10H2,1-2H3,(H,22,23,27). The van der Waals surface area contributed by atoms with Crippen molar-refractivity contribution in [2.24, 2.45) is 7.05 Å². The number of rotatable bonds is 5. The number of halogens is 3. The molecule has 6 nitrogen and oxygen atoms in total. The maximum Gasteiger partial charge on any atom is 0.174 e. The first-order valence-electron chi connectivity index (χ1n) is 8.00. The molecule has 0 unspecified atom stereocenters. The van der Waals surface area contributed by atoms with Gasteiger partial charge in [0.25, 0.3) is 0 Å². The predicted octanol–water partition coefficient (Wildman–Crippen LogP) is 4.45. The molecule has 0 bridgehead atoms. The molecule has 0 saturated heterocycles. The summed E-state index contributed by atoms with van der Waals surface area (Å²) in [6.07, 6.45) is 3.45. The van der Waals surface area contributed by atoms with Crippen LogP contribution in [-0.2, 0) is 20.1 Å². The summed E-state index contributed by atoms with van der Waals surface area (Å²) in [5, 5.41) is 14.1. The summed E-state index contributed by atoms with van der Waals surface area (Å²) < 4.78 is 3.47. The Labute approximate surface area is 177 Å². The lowest BCUT2D eigenvalue weighted by Gasteiger charge is -2.20. The third kappa shape index (κ3) is 4.73. The van der Waals surface area contributed by atoms with Gasteiger partial charge in [0.1, 0.15) is 0 Å². The van der Waals surface area contributed by atoms with Gasteiger partial charge in [-0.15, -0.1) is 0 Å². The molecule has 0 fully saturated rings. The molecular formula is C17H17Cl3N6S. The highest BCUT2D eigenvalue weighted by molar-refractivity contribution is 7.80. The van der Waals surface area contributed by atoms with E-state index < -0.39 is 0 Å². The number of aromatic nitrogens is 4. The van der Waals surface area contributed by atoms with Crippen molar-refractivity contribution < 1.29 is 0 Å². The Hall–Kier alpha value is -1.80. The Morgan fingerprint density at radius 1 is 1.19 bits per heavy atom. The van der Waals surface area contributed by atoms with Gasteiger partial charge in [0.15, 0.2) is 10.9 Å². The zero-order valence-electron chi connectivity index (χ0n) is 14.7. The first-order chi connectivity index (χ1) is 12.8. The normalized spacial score (nSPS) is 10.9. The summed E-state index contributed by atoms with van der Waals surface area (Å²) in [6.45, 7) is 0.991. The molecule has 10 heteroatoms. The molecule has 1 aromatic carbocycles. The van der Waals surface area contributed by atoms with Gasteiger partial charge in [0, 0.05) is 42.0 Å². The molecule has 2 heterocycles. The molecule has 0 aliphatic carbocycles. The molecule has 0 atom stereocenters. The van der Waals surface area contributed by atoms with E-state index in [1.165, 1.54) is 0 Å². The third-order valence-electron chi connectivity index (χ3n) is 4.00. The van der Waals surface area contributed by atoms with Gasteiger partial charge in [-0.05, 0) is 24.4 Å². The van der Waals surface area contributed by atoms with Gasteiger partial charge < -0.3 is 10.2 Å². The fourth-order valence-electron chi connectivity index (χ4n) is 2.48. The molecule has 0 aliphatic rings. The van der Waals surface area contributed by atoms with Crippen LogP contribution in [0.4, 0.5) is 5.82 Å². The molecule has 1 N–H and O–H groups in total. The van der Waals surface area contributed by atoms with E-state index in [-0.39, 0.29) is 0 Å². The maximum absolute atomic E-state index is 6.22. The van der Waals surface area contributed by atoms with Gasteiger partial charge in [-0.3, -0.25) is 9.36 Å². The molecule has 0 amide bonds. The third-order valence-corrected chi connectivity index (χ3v) is 5.44. The molecule has 0 spiro atoms. The van der Waals surface area contributed by atoms with Crippen LogP contribution in [0, 0.1) is 0 Å². The van der Waals surface area contributed by atoms with E-state index >= 15 is 0 Å². The smallest absolute Gasteiger partial charge is 0.174 e. The SMILES string of the molecule is CN(Cc1c(Cl)cnn1C)C(=S)Nc1ccn(Cc2c(Cl)cccc2Cl)n1. The Bertz CT molecular complexity index is 928. The van der Waals surface area contributed by atoms with E-state index in [9.17, 15) is 0 Å². The number of aryl methyl sites for hydroxylation is 1. The second-order valence-corrected chi connectivity index (χ2v) is 7.56. The Kier molecular flexibility index (Phi) is 6.26. The van der Waals surface area contributed by atoms with Crippen LogP contribution in [0.2, 0.25) is 15.1 Å². The highest BCUT2D eigenvalue weighted by Gasteiger charge is 2.13. The zero-order chi connectivity index (χ0) is 19.6. The molecule has 3 rings (SSSR count). The van der Waals surface area contributed by atoms with E-state index in [0.717, 1.165) is 11.3 Å². The number of nitrogens with zero attached hydrogens (tertiary/aromatic N) is 5. The Morgan fingerprint density at radius 3 is 2.52 bits per heavy atom. The predicted molar refractivity (Wildman–Crippen MR) is 114 cm³/mol. The molecular weight excluding hydrogens is 427 g/mol. The van der Waals surface area contributed by atoms with Crippen LogP contribution < -0.4 is 5.32 Å². The van der Waals surface area contributed by atoms with Gasteiger partial charge >= 0.3 is 0 Å². The summed E-state index contributed by atoms with van der Waals surface area (Å²) in [5.41, 5.74) is 1.70. The summed E-state index contributed by atoms with van der Waals surface area (Å²) in [7, 11) is 3.71.